The molecular weight excluding hydrogens is 326 g/mol. The lowest BCUT2D eigenvalue weighted by molar-refractivity contribution is -0.128. The first-order valence-electron chi connectivity index (χ1n) is 9.05. The van der Waals surface area contributed by atoms with Crippen LogP contribution in [0, 0.1) is 0 Å². The number of hydrogen-bond donors (Lipinski definition) is 0. The van der Waals surface area contributed by atoms with E-state index in [1.165, 1.54) is 0 Å². The molecule has 5 nitrogen and oxygen atoms in total. The SMILES string of the molecule is CCn1c(C2CC(=O)N(Cc3ccc(OC)cc3)C2)nc2ccccc21. The van der Waals surface area contributed by atoms with Gasteiger partial charge < -0.3 is 14.2 Å². The number of para-hydroxylation sites is 2. The highest BCUT2D eigenvalue weighted by Gasteiger charge is 2.33. The van der Waals surface area contributed by atoms with Crippen LogP contribution >= 0.6 is 0 Å². The molecule has 5 heteroatoms. The topological polar surface area (TPSA) is 47.4 Å². The Morgan fingerprint density at radius 3 is 2.65 bits per heavy atom. The second kappa shape index (κ2) is 6.83. The molecule has 0 spiro atoms. The third-order valence-electron chi connectivity index (χ3n) is 5.11. The summed E-state index contributed by atoms with van der Waals surface area (Å²) in [6.07, 6.45) is 0.527. The van der Waals surface area contributed by atoms with Gasteiger partial charge in [-0.05, 0) is 36.8 Å². The Labute approximate surface area is 153 Å². The van der Waals surface area contributed by atoms with Gasteiger partial charge in [0.15, 0.2) is 0 Å². The molecule has 134 valence electrons. The number of rotatable bonds is 5. The second-order valence-corrected chi connectivity index (χ2v) is 6.73. The maximum atomic E-state index is 12.6. The number of carbonyl (C=O) groups excluding carboxylic acids is 1. The van der Waals surface area contributed by atoms with Gasteiger partial charge in [-0.25, -0.2) is 4.98 Å². The van der Waals surface area contributed by atoms with Gasteiger partial charge in [0, 0.05) is 32.0 Å². The highest BCUT2D eigenvalue weighted by atomic mass is 16.5. The first kappa shape index (κ1) is 16.6. The smallest absolute Gasteiger partial charge is 0.223 e. The standard InChI is InChI=1S/C21H23N3O2/c1-3-24-19-7-5-4-6-18(19)22-21(24)16-12-20(25)23(14-16)13-15-8-10-17(26-2)11-9-15/h4-11,16H,3,12-14H2,1-2H3. The first-order chi connectivity index (χ1) is 12.7. The Morgan fingerprint density at radius 2 is 1.92 bits per heavy atom. The van der Waals surface area contributed by atoms with Gasteiger partial charge in [0.1, 0.15) is 11.6 Å². The van der Waals surface area contributed by atoms with Crippen molar-refractivity contribution in [2.75, 3.05) is 13.7 Å². The largest absolute Gasteiger partial charge is 0.497 e. The average molecular weight is 349 g/mol. The summed E-state index contributed by atoms with van der Waals surface area (Å²) in [6, 6.07) is 16.1. The molecule has 1 aliphatic rings. The van der Waals surface area contributed by atoms with Gasteiger partial charge in [-0.1, -0.05) is 24.3 Å². The maximum Gasteiger partial charge on any atom is 0.223 e. The quantitative estimate of drug-likeness (QED) is 0.707. The Hall–Kier alpha value is -2.82. The molecule has 1 fully saturated rings. The van der Waals surface area contributed by atoms with Gasteiger partial charge in [-0.3, -0.25) is 4.79 Å². The number of hydrogen-bond acceptors (Lipinski definition) is 3. The molecule has 2 aromatic carbocycles. The number of aromatic nitrogens is 2. The summed E-state index contributed by atoms with van der Waals surface area (Å²) in [6.45, 7) is 4.34. The van der Waals surface area contributed by atoms with Crippen molar-refractivity contribution in [2.24, 2.45) is 0 Å². The van der Waals surface area contributed by atoms with Gasteiger partial charge in [-0.2, -0.15) is 0 Å². The third kappa shape index (κ3) is 2.94. The molecule has 1 atom stereocenters. The molecular formula is C21H23N3O2. The number of amides is 1. The molecule has 2 heterocycles. The predicted molar refractivity (Wildman–Crippen MR) is 101 cm³/mol. The maximum absolute atomic E-state index is 12.6. The summed E-state index contributed by atoms with van der Waals surface area (Å²) >= 11 is 0. The Balaban J connectivity index is 1.56. The number of fused-ring (bicyclic) bond motifs is 1. The van der Waals surface area contributed by atoms with Gasteiger partial charge in [0.05, 0.1) is 18.1 Å². The number of benzene rings is 2. The molecule has 3 aromatic rings. The predicted octanol–water partition coefficient (Wildman–Crippen LogP) is 3.58. The third-order valence-corrected chi connectivity index (χ3v) is 5.11. The lowest BCUT2D eigenvalue weighted by Crippen LogP contribution is -2.24. The van der Waals surface area contributed by atoms with Crippen LogP contribution in [0.5, 0.6) is 5.75 Å². The molecule has 4 rings (SSSR count). The van der Waals surface area contributed by atoms with Gasteiger partial charge >= 0.3 is 0 Å². The van der Waals surface area contributed by atoms with Crippen LogP contribution in [0.4, 0.5) is 0 Å². The van der Waals surface area contributed by atoms with E-state index in [9.17, 15) is 4.79 Å². The minimum absolute atomic E-state index is 0.146. The summed E-state index contributed by atoms with van der Waals surface area (Å²) in [7, 11) is 1.66. The van der Waals surface area contributed by atoms with Crippen molar-refractivity contribution in [3.8, 4) is 5.75 Å². The summed E-state index contributed by atoms with van der Waals surface area (Å²) in [5.74, 6) is 2.20. The monoisotopic (exact) mass is 349 g/mol. The van der Waals surface area contributed by atoms with Crippen LogP contribution in [-0.2, 0) is 17.9 Å². The number of imidazole rings is 1. The Morgan fingerprint density at radius 1 is 1.15 bits per heavy atom. The van der Waals surface area contributed by atoms with E-state index in [4.69, 9.17) is 9.72 Å². The molecule has 1 saturated heterocycles. The van der Waals surface area contributed by atoms with E-state index >= 15 is 0 Å². The van der Waals surface area contributed by atoms with Gasteiger partial charge in [0.25, 0.3) is 0 Å². The van der Waals surface area contributed by atoms with Crippen molar-refractivity contribution in [3.05, 3.63) is 59.9 Å². The second-order valence-electron chi connectivity index (χ2n) is 6.73. The van der Waals surface area contributed by atoms with Gasteiger partial charge in [0.2, 0.25) is 5.91 Å². The summed E-state index contributed by atoms with van der Waals surface area (Å²) in [5, 5.41) is 0. The van der Waals surface area contributed by atoms with Gasteiger partial charge in [-0.15, -0.1) is 0 Å². The molecule has 0 aliphatic carbocycles. The van der Waals surface area contributed by atoms with Crippen molar-refractivity contribution in [1.82, 2.24) is 14.5 Å². The fourth-order valence-electron chi connectivity index (χ4n) is 3.79. The number of ether oxygens (including phenoxy) is 1. The van der Waals surface area contributed by atoms with Crippen molar-refractivity contribution in [2.45, 2.75) is 32.4 Å². The molecule has 0 N–H and O–H groups in total. The molecule has 0 radical (unpaired) electrons. The summed E-state index contributed by atoms with van der Waals surface area (Å²) in [4.78, 5) is 19.3. The number of nitrogens with zero attached hydrogens (tertiary/aromatic N) is 3. The van der Waals surface area contributed by atoms with Crippen LogP contribution in [-0.4, -0.2) is 34.0 Å². The lowest BCUT2D eigenvalue weighted by Gasteiger charge is -2.17. The van der Waals surface area contributed by atoms with Crippen molar-refractivity contribution < 1.29 is 9.53 Å². The zero-order valence-corrected chi connectivity index (χ0v) is 15.2. The molecule has 1 unspecified atom stereocenters. The number of carbonyl (C=O) groups is 1. The first-order valence-corrected chi connectivity index (χ1v) is 9.05. The minimum atomic E-state index is 0.146. The highest BCUT2D eigenvalue weighted by Crippen LogP contribution is 2.31. The van der Waals surface area contributed by atoms with E-state index in [1.807, 2.05) is 47.4 Å². The Kier molecular flexibility index (Phi) is 4.37. The van der Waals surface area contributed by atoms with E-state index in [1.54, 1.807) is 7.11 Å². The average Bonchev–Trinajstić information content (AvgIpc) is 3.22. The molecule has 1 aromatic heterocycles. The minimum Gasteiger partial charge on any atom is -0.497 e. The summed E-state index contributed by atoms with van der Waals surface area (Å²) < 4.78 is 7.44. The fourth-order valence-corrected chi connectivity index (χ4v) is 3.79. The highest BCUT2D eigenvalue weighted by molar-refractivity contribution is 5.81. The number of likely N-dealkylation sites (tertiary alicyclic amines) is 1. The molecule has 26 heavy (non-hydrogen) atoms. The van der Waals surface area contributed by atoms with Crippen LogP contribution in [0.25, 0.3) is 11.0 Å². The number of methoxy groups -OCH3 is 1. The van der Waals surface area contributed by atoms with Crippen LogP contribution in [0.15, 0.2) is 48.5 Å². The lowest BCUT2D eigenvalue weighted by atomic mass is 10.1. The normalized spacial score (nSPS) is 17.2. The zero-order valence-electron chi connectivity index (χ0n) is 15.2. The molecule has 1 aliphatic heterocycles. The van der Waals surface area contributed by atoms with Crippen LogP contribution in [0.2, 0.25) is 0 Å². The molecule has 1 amide bonds. The molecule has 0 saturated carbocycles. The van der Waals surface area contributed by atoms with E-state index in [2.05, 4.69) is 17.6 Å². The van der Waals surface area contributed by atoms with E-state index in [-0.39, 0.29) is 11.8 Å². The van der Waals surface area contributed by atoms with Crippen molar-refractivity contribution >= 4 is 16.9 Å². The summed E-state index contributed by atoms with van der Waals surface area (Å²) in [5.41, 5.74) is 3.26. The van der Waals surface area contributed by atoms with Crippen molar-refractivity contribution in [3.63, 3.8) is 0 Å². The van der Waals surface area contributed by atoms with E-state index in [0.717, 1.165) is 34.7 Å². The van der Waals surface area contributed by atoms with Crippen LogP contribution in [0.3, 0.4) is 0 Å². The van der Waals surface area contributed by atoms with E-state index < -0.39 is 0 Å². The van der Waals surface area contributed by atoms with Crippen molar-refractivity contribution in [1.29, 1.82) is 0 Å². The van der Waals surface area contributed by atoms with Crippen LogP contribution < -0.4 is 4.74 Å². The Bertz CT molecular complexity index is 930. The van der Waals surface area contributed by atoms with E-state index in [0.29, 0.717) is 19.5 Å². The fraction of sp³-hybridized carbons (Fsp3) is 0.333. The molecule has 0 bridgehead atoms. The number of aryl methyl sites for hydroxylation is 1. The zero-order chi connectivity index (χ0) is 18.1. The van der Waals surface area contributed by atoms with Crippen LogP contribution in [0.1, 0.15) is 30.7 Å².